The highest BCUT2D eigenvalue weighted by atomic mass is 32.2. The lowest BCUT2D eigenvalue weighted by Gasteiger charge is -2.12. The van der Waals surface area contributed by atoms with Gasteiger partial charge in [0.1, 0.15) is 0 Å². The molecule has 0 spiro atoms. The standard InChI is InChI=1S/C8H8N2O3S/c11-7-4-3-14-2-1-5(4)9-6(10-7)8(12)13/h1-3H2,(H,12,13)(H,9,10,11). The summed E-state index contributed by atoms with van der Waals surface area (Å²) < 4.78 is 0. The molecule has 2 heterocycles. The molecule has 0 amide bonds. The number of fused-ring (bicyclic) bond motifs is 1. The summed E-state index contributed by atoms with van der Waals surface area (Å²) in [5, 5.41) is 8.67. The van der Waals surface area contributed by atoms with Crippen LogP contribution in [0.1, 0.15) is 21.9 Å². The molecule has 0 saturated carbocycles. The number of carbonyl (C=O) groups is 1. The number of carboxylic acid groups (broad SMARTS) is 1. The molecule has 1 aromatic heterocycles. The number of hydrogen-bond acceptors (Lipinski definition) is 4. The van der Waals surface area contributed by atoms with Gasteiger partial charge in [0.2, 0.25) is 5.82 Å². The van der Waals surface area contributed by atoms with Gasteiger partial charge in [0, 0.05) is 11.3 Å². The number of aromatic amines is 1. The molecule has 2 rings (SSSR count). The van der Waals surface area contributed by atoms with Crippen molar-refractivity contribution >= 4 is 17.7 Å². The van der Waals surface area contributed by atoms with Gasteiger partial charge in [0.25, 0.3) is 5.56 Å². The number of nitrogens with zero attached hydrogens (tertiary/aromatic N) is 1. The highest BCUT2D eigenvalue weighted by molar-refractivity contribution is 7.98. The lowest BCUT2D eigenvalue weighted by molar-refractivity contribution is 0.0682. The summed E-state index contributed by atoms with van der Waals surface area (Å²) in [7, 11) is 0. The van der Waals surface area contributed by atoms with Crippen LogP contribution in [0.2, 0.25) is 0 Å². The summed E-state index contributed by atoms with van der Waals surface area (Å²) in [4.78, 5) is 28.2. The van der Waals surface area contributed by atoms with E-state index in [1.54, 1.807) is 11.8 Å². The van der Waals surface area contributed by atoms with Gasteiger partial charge in [-0.1, -0.05) is 0 Å². The Hall–Kier alpha value is -1.30. The fourth-order valence-electron chi connectivity index (χ4n) is 1.34. The molecule has 0 unspecified atom stereocenters. The molecule has 2 N–H and O–H groups in total. The number of nitrogens with one attached hydrogen (secondary N) is 1. The Kier molecular flexibility index (Phi) is 2.28. The molecule has 0 saturated heterocycles. The van der Waals surface area contributed by atoms with Crippen LogP contribution < -0.4 is 5.56 Å². The Labute approximate surface area is 83.6 Å². The summed E-state index contributed by atoms with van der Waals surface area (Å²) in [6.07, 6.45) is 0.671. The Bertz CT molecular complexity index is 441. The first-order valence-electron chi connectivity index (χ1n) is 4.11. The van der Waals surface area contributed by atoms with E-state index in [1.807, 2.05) is 0 Å². The van der Waals surface area contributed by atoms with Gasteiger partial charge >= 0.3 is 5.97 Å². The predicted molar refractivity (Wildman–Crippen MR) is 51.7 cm³/mol. The maximum Gasteiger partial charge on any atom is 0.372 e. The van der Waals surface area contributed by atoms with Crippen LogP contribution in [0.3, 0.4) is 0 Å². The van der Waals surface area contributed by atoms with Crippen molar-refractivity contribution in [3.63, 3.8) is 0 Å². The summed E-state index contributed by atoms with van der Waals surface area (Å²) in [5.41, 5.74) is 0.927. The summed E-state index contributed by atoms with van der Waals surface area (Å²) in [6.45, 7) is 0. The topological polar surface area (TPSA) is 83.0 Å². The van der Waals surface area contributed by atoms with Gasteiger partial charge in [0.05, 0.1) is 5.69 Å². The van der Waals surface area contributed by atoms with E-state index < -0.39 is 5.97 Å². The number of aromatic carboxylic acids is 1. The number of aryl methyl sites for hydroxylation is 1. The molecule has 0 fully saturated rings. The summed E-state index contributed by atoms with van der Waals surface area (Å²) >= 11 is 1.66. The number of carboxylic acids is 1. The summed E-state index contributed by atoms with van der Waals surface area (Å²) in [6, 6.07) is 0. The van der Waals surface area contributed by atoms with E-state index in [1.165, 1.54) is 0 Å². The predicted octanol–water partition coefficient (Wildman–Crippen LogP) is 0.257. The molecule has 0 aromatic carbocycles. The fourth-order valence-corrected chi connectivity index (χ4v) is 2.33. The molecule has 1 aromatic rings. The Morgan fingerprint density at radius 2 is 2.36 bits per heavy atom. The second-order valence-electron chi connectivity index (χ2n) is 2.95. The van der Waals surface area contributed by atoms with E-state index in [0.717, 1.165) is 5.75 Å². The maximum absolute atomic E-state index is 11.4. The Morgan fingerprint density at radius 1 is 1.57 bits per heavy atom. The van der Waals surface area contributed by atoms with Crippen LogP contribution in [-0.4, -0.2) is 26.8 Å². The van der Waals surface area contributed by atoms with E-state index in [4.69, 9.17) is 5.11 Å². The first-order valence-corrected chi connectivity index (χ1v) is 5.27. The fraction of sp³-hybridized carbons (Fsp3) is 0.375. The van der Waals surface area contributed by atoms with Crippen LogP contribution in [0.15, 0.2) is 4.79 Å². The van der Waals surface area contributed by atoms with E-state index in [2.05, 4.69) is 9.97 Å². The van der Waals surface area contributed by atoms with Gasteiger partial charge in [-0.3, -0.25) is 4.79 Å². The second kappa shape index (κ2) is 3.45. The number of rotatable bonds is 1. The molecule has 0 aliphatic carbocycles. The average Bonchev–Trinajstić information content (AvgIpc) is 2.17. The molecule has 6 heteroatoms. The second-order valence-corrected chi connectivity index (χ2v) is 4.05. The van der Waals surface area contributed by atoms with E-state index in [-0.39, 0.29) is 11.4 Å². The van der Waals surface area contributed by atoms with Crippen LogP contribution in [0, 0.1) is 0 Å². The van der Waals surface area contributed by atoms with Gasteiger partial charge in [0.15, 0.2) is 0 Å². The summed E-state index contributed by atoms with van der Waals surface area (Å²) in [5.74, 6) is 0.0591. The normalized spacial score (nSPS) is 14.9. The van der Waals surface area contributed by atoms with Crippen LogP contribution in [0.25, 0.3) is 0 Å². The molecule has 0 bridgehead atoms. The number of aromatic nitrogens is 2. The van der Waals surface area contributed by atoms with Gasteiger partial charge in [-0.25, -0.2) is 9.78 Å². The number of hydrogen-bond donors (Lipinski definition) is 2. The van der Waals surface area contributed by atoms with Gasteiger partial charge in [-0.05, 0) is 12.2 Å². The Balaban J connectivity index is 2.57. The minimum absolute atomic E-state index is 0.263. The number of H-pyrrole nitrogens is 1. The maximum atomic E-state index is 11.4. The highest BCUT2D eigenvalue weighted by Gasteiger charge is 2.17. The van der Waals surface area contributed by atoms with E-state index in [0.29, 0.717) is 23.4 Å². The van der Waals surface area contributed by atoms with Crippen molar-refractivity contribution in [1.82, 2.24) is 9.97 Å². The van der Waals surface area contributed by atoms with E-state index >= 15 is 0 Å². The lowest BCUT2D eigenvalue weighted by atomic mass is 10.2. The molecule has 0 atom stereocenters. The van der Waals surface area contributed by atoms with Crippen molar-refractivity contribution in [2.24, 2.45) is 0 Å². The van der Waals surface area contributed by atoms with Gasteiger partial charge in [-0.15, -0.1) is 0 Å². The highest BCUT2D eigenvalue weighted by Crippen LogP contribution is 2.19. The van der Waals surface area contributed by atoms with Crippen LogP contribution >= 0.6 is 11.8 Å². The zero-order valence-corrected chi connectivity index (χ0v) is 8.06. The van der Waals surface area contributed by atoms with Crippen molar-refractivity contribution in [3.8, 4) is 0 Å². The largest absolute Gasteiger partial charge is 0.475 e. The quantitative estimate of drug-likeness (QED) is 0.697. The third-order valence-electron chi connectivity index (χ3n) is 2.03. The van der Waals surface area contributed by atoms with Crippen LogP contribution in [0.4, 0.5) is 0 Å². The SMILES string of the molecule is O=C(O)c1nc2c(c(=O)[nH]1)CSCC2. The molecule has 5 nitrogen and oxygen atoms in total. The lowest BCUT2D eigenvalue weighted by Crippen LogP contribution is -2.24. The average molecular weight is 212 g/mol. The third kappa shape index (κ3) is 1.52. The zero-order valence-electron chi connectivity index (χ0n) is 7.24. The van der Waals surface area contributed by atoms with Gasteiger partial charge in [-0.2, -0.15) is 11.8 Å². The first-order chi connectivity index (χ1) is 6.68. The van der Waals surface area contributed by atoms with Crippen LogP contribution in [-0.2, 0) is 12.2 Å². The van der Waals surface area contributed by atoms with Crippen molar-refractivity contribution in [2.75, 3.05) is 5.75 Å². The molecule has 1 aliphatic heterocycles. The third-order valence-corrected chi connectivity index (χ3v) is 3.02. The van der Waals surface area contributed by atoms with Gasteiger partial charge < -0.3 is 10.1 Å². The smallest absolute Gasteiger partial charge is 0.372 e. The minimum atomic E-state index is -1.19. The molecule has 1 aliphatic rings. The molecule has 0 radical (unpaired) electrons. The molecular weight excluding hydrogens is 204 g/mol. The Morgan fingerprint density at radius 3 is 3.07 bits per heavy atom. The molecule has 74 valence electrons. The zero-order chi connectivity index (χ0) is 10.1. The molecular formula is C8H8N2O3S. The van der Waals surface area contributed by atoms with Crippen molar-refractivity contribution in [3.05, 3.63) is 27.4 Å². The van der Waals surface area contributed by atoms with Crippen LogP contribution in [0.5, 0.6) is 0 Å². The number of thioether (sulfide) groups is 1. The monoisotopic (exact) mass is 212 g/mol. The van der Waals surface area contributed by atoms with E-state index in [9.17, 15) is 9.59 Å². The minimum Gasteiger partial charge on any atom is -0.475 e. The van der Waals surface area contributed by atoms with Crippen molar-refractivity contribution < 1.29 is 9.90 Å². The first kappa shape index (κ1) is 9.26. The molecule has 14 heavy (non-hydrogen) atoms. The van der Waals surface area contributed by atoms with Crippen molar-refractivity contribution in [1.29, 1.82) is 0 Å². The van der Waals surface area contributed by atoms with Crippen molar-refractivity contribution in [2.45, 2.75) is 12.2 Å².